The van der Waals surface area contributed by atoms with Crippen LogP contribution < -0.4 is 15.5 Å². The van der Waals surface area contributed by atoms with Crippen molar-refractivity contribution in [3.8, 4) is 5.75 Å². The van der Waals surface area contributed by atoms with E-state index in [9.17, 15) is 4.79 Å². The monoisotopic (exact) mass is 355 g/mol. The lowest BCUT2D eigenvalue weighted by atomic mass is 10.2. The number of aromatic amines is 1. The normalized spacial score (nSPS) is 10.4. The van der Waals surface area contributed by atoms with Crippen molar-refractivity contribution in [2.45, 2.75) is 0 Å². The summed E-state index contributed by atoms with van der Waals surface area (Å²) >= 11 is 4.92. The van der Waals surface area contributed by atoms with E-state index < -0.39 is 0 Å². The number of hydrogen-bond acceptors (Lipinski definition) is 4. The van der Waals surface area contributed by atoms with Crippen LogP contribution in [0.3, 0.4) is 0 Å². The number of fused-ring (bicyclic) bond motifs is 1. The Morgan fingerprint density at radius 2 is 1.92 bits per heavy atom. The highest BCUT2D eigenvalue weighted by Gasteiger charge is 2.08. The van der Waals surface area contributed by atoms with Crippen LogP contribution in [0.2, 0.25) is 0 Å². The summed E-state index contributed by atoms with van der Waals surface area (Å²) in [6.07, 6.45) is 0. The first-order valence-electron chi connectivity index (χ1n) is 7.70. The number of carbonyl (C=O) groups excluding carboxylic acids is 1. The number of ether oxygens (including phenoxy) is 1. The summed E-state index contributed by atoms with van der Waals surface area (Å²) in [4.78, 5) is 15.5. The average Bonchev–Trinajstić information content (AvgIpc) is 3.09. The summed E-state index contributed by atoms with van der Waals surface area (Å²) < 4.78 is 5.57. The van der Waals surface area contributed by atoms with Gasteiger partial charge >= 0.3 is 0 Å². The molecule has 0 fully saturated rings. The van der Waals surface area contributed by atoms with Gasteiger partial charge in [0.05, 0.1) is 6.54 Å². The molecule has 6 nitrogen and oxygen atoms in total. The molecule has 0 unspecified atom stereocenters. The number of para-hydroxylation sites is 1. The number of rotatable bonds is 6. The topological polar surface area (TPSA) is 86.4 Å². The number of amides is 1. The highest BCUT2D eigenvalue weighted by molar-refractivity contribution is 7.80. The van der Waals surface area contributed by atoms with Gasteiger partial charge in [0.2, 0.25) is 0 Å². The summed E-state index contributed by atoms with van der Waals surface area (Å²) in [5.41, 5.74) is 4.08. The molecule has 0 saturated heterocycles. The molecule has 0 radical (unpaired) electrons. The third kappa shape index (κ3) is 4.14. The molecule has 7 heteroatoms. The second-order valence-corrected chi connectivity index (χ2v) is 5.75. The van der Waals surface area contributed by atoms with Crippen LogP contribution in [0.1, 0.15) is 16.1 Å². The number of hydrogen-bond donors (Lipinski definition) is 4. The first-order chi connectivity index (χ1) is 12.2. The molecule has 2 aromatic carbocycles. The van der Waals surface area contributed by atoms with Crippen LogP contribution in [0.4, 0.5) is 0 Å². The van der Waals surface area contributed by atoms with E-state index in [2.05, 4.69) is 10.3 Å². The van der Waals surface area contributed by atoms with Gasteiger partial charge in [-0.05, 0) is 36.4 Å². The van der Waals surface area contributed by atoms with Crippen LogP contribution in [-0.2, 0) is 0 Å². The molecule has 1 heterocycles. The Balaban J connectivity index is 1.47. The number of nitrogens with one attached hydrogen (secondary N) is 3. The fourth-order valence-electron chi connectivity index (χ4n) is 2.39. The van der Waals surface area contributed by atoms with Gasteiger partial charge in [0, 0.05) is 16.5 Å². The molecule has 0 bridgehead atoms. The van der Waals surface area contributed by atoms with Crippen LogP contribution in [0.15, 0.2) is 54.6 Å². The molecule has 0 atom stereocenters. The van der Waals surface area contributed by atoms with Crippen molar-refractivity contribution in [2.75, 3.05) is 13.2 Å². The number of thiocarbonyl (C=S) groups is 1. The zero-order chi connectivity index (χ0) is 17.6. The van der Waals surface area contributed by atoms with Gasteiger partial charge in [-0.15, -0.1) is 0 Å². The Morgan fingerprint density at radius 3 is 2.64 bits per heavy atom. The molecule has 128 valence electrons. The summed E-state index contributed by atoms with van der Waals surface area (Å²) in [5.74, 6) is 0.485. The molecule has 3 aromatic rings. The van der Waals surface area contributed by atoms with Gasteiger partial charge in [0.25, 0.3) is 5.91 Å². The third-order valence-electron chi connectivity index (χ3n) is 3.65. The summed E-state index contributed by atoms with van der Waals surface area (Å²) in [6, 6.07) is 16.5. The Labute approximate surface area is 149 Å². The SMILES string of the molecule is O=C(NCCOc1ccc(C(=S)NO)cc1)c1cc2ccccc2[nH]1. The van der Waals surface area contributed by atoms with E-state index in [-0.39, 0.29) is 10.9 Å². The maximum absolute atomic E-state index is 12.1. The second kappa shape index (κ2) is 7.78. The molecule has 25 heavy (non-hydrogen) atoms. The maximum atomic E-state index is 12.1. The molecule has 0 aliphatic heterocycles. The van der Waals surface area contributed by atoms with Crippen molar-refractivity contribution in [2.24, 2.45) is 0 Å². The molecule has 0 spiro atoms. The van der Waals surface area contributed by atoms with E-state index in [0.717, 1.165) is 10.9 Å². The Bertz CT molecular complexity index is 857. The minimum Gasteiger partial charge on any atom is -0.492 e. The van der Waals surface area contributed by atoms with Crippen molar-refractivity contribution >= 4 is 34.0 Å². The van der Waals surface area contributed by atoms with Crippen LogP contribution in [0.5, 0.6) is 5.75 Å². The third-order valence-corrected chi connectivity index (χ3v) is 3.98. The first-order valence-corrected chi connectivity index (χ1v) is 8.11. The number of carbonyl (C=O) groups is 1. The van der Waals surface area contributed by atoms with E-state index in [0.29, 0.717) is 30.2 Å². The molecular weight excluding hydrogens is 338 g/mol. The largest absolute Gasteiger partial charge is 0.492 e. The van der Waals surface area contributed by atoms with E-state index in [1.54, 1.807) is 24.3 Å². The standard InChI is InChI=1S/C18H17N3O3S/c22-17(16-11-13-3-1-2-4-15(13)20-16)19-9-10-24-14-7-5-12(6-8-14)18(25)21-23/h1-8,11,20,23H,9-10H2,(H,19,22)(H,21,25). The van der Waals surface area contributed by atoms with Gasteiger partial charge in [-0.3, -0.25) is 15.5 Å². The lowest BCUT2D eigenvalue weighted by molar-refractivity contribution is 0.0943. The van der Waals surface area contributed by atoms with Crippen LogP contribution in [0, 0.1) is 0 Å². The van der Waals surface area contributed by atoms with Gasteiger partial charge in [-0.25, -0.2) is 0 Å². The van der Waals surface area contributed by atoms with Gasteiger partial charge < -0.3 is 15.0 Å². The summed E-state index contributed by atoms with van der Waals surface area (Å²) in [5, 5.41) is 12.6. The van der Waals surface area contributed by atoms with E-state index in [1.807, 2.05) is 35.8 Å². The molecule has 0 aliphatic rings. The average molecular weight is 355 g/mol. The van der Waals surface area contributed by atoms with E-state index >= 15 is 0 Å². The Morgan fingerprint density at radius 1 is 1.16 bits per heavy atom. The molecule has 0 saturated carbocycles. The second-order valence-electron chi connectivity index (χ2n) is 5.34. The van der Waals surface area contributed by atoms with Crippen LogP contribution >= 0.6 is 12.2 Å². The van der Waals surface area contributed by atoms with Crippen molar-refractivity contribution in [3.05, 3.63) is 65.9 Å². The highest BCUT2D eigenvalue weighted by atomic mass is 32.1. The molecule has 4 N–H and O–H groups in total. The van der Waals surface area contributed by atoms with Crippen molar-refractivity contribution < 1.29 is 14.7 Å². The zero-order valence-electron chi connectivity index (χ0n) is 13.3. The molecule has 0 aliphatic carbocycles. The fourth-order valence-corrected chi connectivity index (χ4v) is 2.53. The lowest BCUT2D eigenvalue weighted by Crippen LogP contribution is -2.28. The quantitative estimate of drug-likeness (QED) is 0.310. The minimum absolute atomic E-state index is 0.172. The summed E-state index contributed by atoms with van der Waals surface area (Å²) in [7, 11) is 0. The molecule has 1 aromatic heterocycles. The van der Waals surface area contributed by atoms with Crippen molar-refractivity contribution in [3.63, 3.8) is 0 Å². The smallest absolute Gasteiger partial charge is 0.267 e. The highest BCUT2D eigenvalue weighted by Crippen LogP contribution is 2.14. The van der Waals surface area contributed by atoms with Crippen molar-refractivity contribution in [1.29, 1.82) is 0 Å². The lowest BCUT2D eigenvalue weighted by Gasteiger charge is -2.08. The predicted octanol–water partition coefficient (Wildman–Crippen LogP) is 2.63. The van der Waals surface area contributed by atoms with Gasteiger partial charge in [0.1, 0.15) is 23.0 Å². The first kappa shape index (κ1) is 16.9. The molecular formula is C18H17N3O3S. The van der Waals surface area contributed by atoms with E-state index in [1.165, 1.54) is 0 Å². The molecule has 1 amide bonds. The maximum Gasteiger partial charge on any atom is 0.267 e. The fraction of sp³-hybridized carbons (Fsp3) is 0.111. The number of H-pyrrole nitrogens is 1. The van der Waals surface area contributed by atoms with Crippen LogP contribution in [-0.4, -0.2) is 34.2 Å². The Kier molecular flexibility index (Phi) is 5.27. The predicted molar refractivity (Wildman–Crippen MR) is 99.2 cm³/mol. The number of hydroxylamine groups is 1. The van der Waals surface area contributed by atoms with Gasteiger partial charge in [-0.1, -0.05) is 30.4 Å². The van der Waals surface area contributed by atoms with Gasteiger partial charge in [-0.2, -0.15) is 0 Å². The minimum atomic E-state index is -0.172. The van der Waals surface area contributed by atoms with Crippen molar-refractivity contribution in [1.82, 2.24) is 15.8 Å². The number of aromatic nitrogens is 1. The Hall–Kier alpha value is -2.90. The molecule has 3 rings (SSSR count). The van der Waals surface area contributed by atoms with Crippen LogP contribution in [0.25, 0.3) is 10.9 Å². The zero-order valence-corrected chi connectivity index (χ0v) is 14.1. The number of benzene rings is 2. The van der Waals surface area contributed by atoms with E-state index in [4.69, 9.17) is 22.2 Å². The van der Waals surface area contributed by atoms with Gasteiger partial charge in [0.15, 0.2) is 0 Å². The summed E-state index contributed by atoms with van der Waals surface area (Å²) in [6.45, 7) is 0.723.